The van der Waals surface area contributed by atoms with Gasteiger partial charge in [-0.2, -0.15) is 0 Å². The van der Waals surface area contributed by atoms with Crippen LogP contribution in [0.1, 0.15) is 10.4 Å². The number of carbonyl (C=O) groups is 3. The maximum Gasteiger partial charge on any atom is 0.352 e. The molecule has 2 aliphatic heterocycles. The second-order valence-electron chi connectivity index (χ2n) is 6.59. The first-order valence-corrected chi connectivity index (χ1v) is 11.0. The molecule has 2 heterocycles. The van der Waals surface area contributed by atoms with Crippen molar-refractivity contribution in [2.75, 3.05) is 11.5 Å². The first-order chi connectivity index (χ1) is 14.1. The molecule has 8 heteroatoms. The number of β-lactam (4-membered cyclic amide) rings is 1. The minimum Gasteiger partial charge on any atom is -0.477 e. The van der Waals surface area contributed by atoms with Crippen LogP contribution in [-0.4, -0.2) is 50.7 Å². The Balaban J connectivity index is 1.48. The van der Waals surface area contributed by atoms with Gasteiger partial charge in [-0.05, 0) is 29.8 Å². The van der Waals surface area contributed by atoms with Crippen molar-refractivity contribution >= 4 is 41.3 Å². The van der Waals surface area contributed by atoms with Crippen LogP contribution in [0.2, 0.25) is 0 Å². The molecule has 2 aliphatic rings. The molecule has 0 aromatic heterocycles. The third-order valence-electron chi connectivity index (χ3n) is 4.73. The Morgan fingerprint density at radius 2 is 1.76 bits per heavy atom. The third kappa shape index (κ3) is 3.90. The van der Waals surface area contributed by atoms with Gasteiger partial charge in [0.1, 0.15) is 17.1 Å². The van der Waals surface area contributed by atoms with E-state index in [9.17, 15) is 19.5 Å². The molecule has 1 fully saturated rings. The van der Waals surface area contributed by atoms with Gasteiger partial charge in [-0.1, -0.05) is 36.4 Å². The summed E-state index contributed by atoms with van der Waals surface area (Å²) in [7, 11) is 0. The van der Waals surface area contributed by atoms with Crippen molar-refractivity contribution in [1.29, 1.82) is 0 Å². The summed E-state index contributed by atoms with van der Waals surface area (Å²) in [5.74, 6) is -0.828. The van der Waals surface area contributed by atoms with Crippen LogP contribution >= 0.6 is 23.5 Å². The summed E-state index contributed by atoms with van der Waals surface area (Å²) in [4.78, 5) is 39.3. The summed E-state index contributed by atoms with van der Waals surface area (Å²) >= 11 is 3.03. The maximum absolute atomic E-state index is 12.7. The predicted octanol–water partition coefficient (Wildman–Crippen LogP) is 2.83. The first kappa shape index (κ1) is 19.6. The molecule has 0 radical (unpaired) electrons. The van der Waals surface area contributed by atoms with E-state index in [4.69, 9.17) is 0 Å². The normalized spacial score (nSPS) is 20.7. The average molecular weight is 427 g/mol. The fraction of sp³-hybridized carbons (Fsp3) is 0.190. The topological polar surface area (TPSA) is 86.7 Å². The number of fused-ring (bicyclic) bond motifs is 1. The highest BCUT2D eigenvalue weighted by Gasteiger charge is 2.54. The summed E-state index contributed by atoms with van der Waals surface area (Å²) in [6.07, 6.45) is 0. The number of nitrogens with zero attached hydrogens (tertiary/aromatic N) is 1. The van der Waals surface area contributed by atoms with Crippen LogP contribution < -0.4 is 5.32 Å². The number of aliphatic carboxylic acids is 1. The van der Waals surface area contributed by atoms with Crippen LogP contribution in [-0.2, 0) is 9.59 Å². The summed E-state index contributed by atoms with van der Waals surface area (Å²) in [5, 5.41) is 12.1. The van der Waals surface area contributed by atoms with E-state index in [-0.39, 0.29) is 17.5 Å². The van der Waals surface area contributed by atoms with Crippen LogP contribution in [0.3, 0.4) is 0 Å². The second kappa shape index (κ2) is 8.34. The highest BCUT2D eigenvalue weighted by atomic mass is 32.2. The van der Waals surface area contributed by atoms with Crippen LogP contribution in [0.15, 0.2) is 76.8 Å². The molecule has 1 unspecified atom stereocenters. The van der Waals surface area contributed by atoms with Crippen LogP contribution in [0.5, 0.6) is 0 Å². The predicted molar refractivity (Wildman–Crippen MR) is 113 cm³/mol. The highest BCUT2D eigenvalue weighted by Crippen LogP contribution is 2.41. The quantitative estimate of drug-likeness (QED) is 0.546. The molecule has 2 aromatic carbocycles. The van der Waals surface area contributed by atoms with E-state index in [0.29, 0.717) is 22.6 Å². The lowest BCUT2D eigenvalue weighted by molar-refractivity contribution is -0.148. The number of carboxylic acids is 1. The zero-order valence-electron chi connectivity index (χ0n) is 15.3. The SMILES string of the molecule is O=C(O)C1=C(CSc2ccccc2)CSC2[C@@H](NC(=O)c3ccccc3)C(=O)N12. The van der Waals surface area contributed by atoms with Gasteiger partial charge in [0.15, 0.2) is 0 Å². The van der Waals surface area contributed by atoms with E-state index >= 15 is 0 Å². The number of nitrogens with one attached hydrogen (secondary N) is 1. The van der Waals surface area contributed by atoms with Gasteiger partial charge in [0.25, 0.3) is 11.8 Å². The van der Waals surface area contributed by atoms with Gasteiger partial charge in [0.05, 0.1) is 0 Å². The number of thioether (sulfide) groups is 2. The Labute approximate surface area is 176 Å². The fourth-order valence-corrected chi connectivity index (χ4v) is 5.70. The fourth-order valence-electron chi connectivity index (χ4n) is 3.30. The Morgan fingerprint density at radius 3 is 2.41 bits per heavy atom. The molecule has 148 valence electrons. The molecule has 0 aliphatic carbocycles. The van der Waals surface area contributed by atoms with Crippen LogP contribution in [0, 0.1) is 0 Å². The molecular weight excluding hydrogens is 408 g/mol. The van der Waals surface area contributed by atoms with Gasteiger partial charge in [0, 0.05) is 22.0 Å². The number of amides is 2. The van der Waals surface area contributed by atoms with E-state index in [0.717, 1.165) is 4.90 Å². The number of rotatable bonds is 6. The van der Waals surface area contributed by atoms with Crippen LogP contribution in [0.25, 0.3) is 0 Å². The van der Waals surface area contributed by atoms with Crippen molar-refractivity contribution in [2.24, 2.45) is 0 Å². The standard InChI is InChI=1S/C21H18N2O4S2/c24-18(13-7-3-1-4-8-13)22-16-19(25)23-17(21(26)27)14(12-29-20(16)23)11-28-15-9-5-2-6-10-15/h1-10,16,20H,11-12H2,(H,22,24)(H,26,27)/t16-,20?/m0/s1. The molecular formula is C21H18N2O4S2. The summed E-state index contributed by atoms with van der Waals surface area (Å²) in [6, 6.07) is 17.7. The molecule has 2 amide bonds. The molecule has 4 rings (SSSR count). The third-order valence-corrected chi connectivity index (χ3v) is 7.17. The van der Waals surface area contributed by atoms with E-state index in [2.05, 4.69) is 5.32 Å². The maximum atomic E-state index is 12.7. The van der Waals surface area contributed by atoms with Gasteiger partial charge in [-0.25, -0.2) is 4.79 Å². The number of hydrogen-bond donors (Lipinski definition) is 2. The zero-order valence-corrected chi connectivity index (χ0v) is 16.9. The molecule has 0 spiro atoms. The van der Waals surface area contributed by atoms with Gasteiger partial charge < -0.3 is 10.4 Å². The largest absolute Gasteiger partial charge is 0.477 e. The number of hydrogen-bond acceptors (Lipinski definition) is 5. The summed E-state index contributed by atoms with van der Waals surface area (Å²) in [6.45, 7) is 0. The van der Waals surface area contributed by atoms with Gasteiger partial charge in [-0.15, -0.1) is 23.5 Å². The minimum atomic E-state index is -1.11. The van der Waals surface area contributed by atoms with E-state index in [1.54, 1.807) is 36.0 Å². The molecule has 0 saturated carbocycles. The van der Waals surface area contributed by atoms with Gasteiger partial charge in [0.2, 0.25) is 0 Å². The molecule has 2 atom stereocenters. The number of benzene rings is 2. The molecule has 6 nitrogen and oxygen atoms in total. The molecule has 1 saturated heterocycles. The molecule has 29 heavy (non-hydrogen) atoms. The lowest BCUT2D eigenvalue weighted by Crippen LogP contribution is -2.70. The molecule has 2 N–H and O–H groups in total. The second-order valence-corrected chi connectivity index (χ2v) is 8.74. The Bertz CT molecular complexity index is 979. The van der Waals surface area contributed by atoms with E-state index in [1.165, 1.54) is 16.7 Å². The zero-order chi connectivity index (χ0) is 20.4. The van der Waals surface area contributed by atoms with Crippen molar-refractivity contribution in [3.8, 4) is 0 Å². The Hall–Kier alpha value is -2.71. The Kier molecular flexibility index (Phi) is 5.64. The molecule has 2 aromatic rings. The monoisotopic (exact) mass is 426 g/mol. The smallest absolute Gasteiger partial charge is 0.352 e. The van der Waals surface area contributed by atoms with Crippen molar-refractivity contribution < 1.29 is 19.5 Å². The van der Waals surface area contributed by atoms with E-state index in [1.807, 2.05) is 36.4 Å². The van der Waals surface area contributed by atoms with Crippen molar-refractivity contribution in [3.05, 3.63) is 77.5 Å². The van der Waals surface area contributed by atoms with Crippen molar-refractivity contribution in [1.82, 2.24) is 10.2 Å². The van der Waals surface area contributed by atoms with Gasteiger partial charge in [-0.3, -0.25) is 14.5 Å². The number of carbonyl (C=O) groups excluding carboxylic acids is 2. The van der Waals surface area contributed by atoms with Crippen LogP contribution in [0.4, 0.5) is 0 Å². The van der Waals surface area contributed by atoms with Crippen molar-refractivity contribution in [3.63, 3.8) is 0 Å². The lowest BCUT2D eigenvalue weighted by atomic mass is 10.0. The lowest BCUT2D eigenvalue weighted by Gasteiger charge is -2.49. The Morgan fingerprint density at radius 1 is 1.10 bits per heavy atom. The van der Waals surface area contributed by atoms with Crippen molar-refractivity contribution in [2.45, 2.75) is 16.3 Å². The minimum absolute atomic E-state index is 0.0485. The van der Waals surface area contributed by atoms with Gasteiger partial charge >= 0.3 is 5.97 Å². The molecule has 0 bridgehead atoms. The summed E-state index contributed by atoms with van der Waals surface area (Å²) < 4.78 is 0. The average Bonchev–Trinajstić information content (AvgIpc) is 2.76. The number of carboxylic acid groups (broad SMARTS) is 1. The first-order valence-electron chi connectivity index (χ1n) is 9.00. The summed E-state index contributed by atoms with van der Waals surface area (Å²) in [5.41, 5.74) is 1.23. The van der Waals surface area contributed by atoms with E-state index < -0.39 is 17.4 Å². The highest BCUT2D eigenvalue weighted by molar-refractivity contribution is 8.01.